The van der Waals surface area contributed by atoms with E-state index in [0.29, 0.717) is 17.3 Å². The summed E-state index contributed by atoms with van der Waals surface area (Å²) in [7, 11) is 0. The van der Waals surface area contributed by atoms with Gasteiger partial charge in [0, 0.05) is 24.4 Å². The van der Waals surface area contributed by atoms with Crippen molar-refractivity contribution in [3.05, 3.63) is 51.1 Å². The van der Waals surface area contributed by atoms with Gasteiger partial charge in [-0.2, -0.15) is 5.10 Å². The number of nitrogens with zero attached hydrogens (tertiary/aromatic N) is 3. The summed E-state index contributed by atoms with van der Waals surface area (Å²) in [6.45, 7) is 0.000161. The van der Waals surface area contributed by atoms with Gasteiger partial charge in [0.05, 0.1) is 11.9 Å². The van der Waals surface area contributed by atoms with Crippen molar-refractivity contribution >= 4 is 27.4 Å². The van der Waals surface area contributed by atoms with Gasteiger partial charge in [0.2, 0.25) is 0 Å². The molecular formula is C23H27BrN4O2. The topological polar surface area (TPSA) is 76.9 Å². The summed E-state index contributed by atoms with van der Waals surface area (Å²) < 4.78 is 1.75. The Balaban J connectivity index is 1.26. The van der Waals surface area contributed by atoms with Gasteiger partial charge in [-0.1, -0.05) is 0 Å². The zero-order valence-electron chi connectivity index (χ0n) is 17.0. The van der Waals surface area contributed by atoms with E-state index in [4.69, 9.17) is 0 Å². The van der Waals surface area contributed by atoms with E-state index >= 15 is 0 Å². The molecule has 2 aromatic heterocycles. The fraction of sp³-hybridized carbons (Fsp3) is 0.565. The predicted octanol–water partition coefficient (Wildman–Crippen LogP) is 3.98. The van der Waals surface area contributed by atoms with Crippen molar-refractivity contribution in [3.63, 3.8) is 0 Å². The standard InChI is InChI=1S/C23H27BrN4O2/c24-21-20(27-23-10-16-7-17(11-23)9-18(8-16)12-23)13-26-28(22(21)30)14-19(29)2-1-15-3-5-25-6-4-15/h3-6,13,16-18,27H,1-2,7-12,14H2. The van der Waals surface area contributed by atoms with E-state index in [-0.39, 0.29) is 23.4 Å². The van der Waals surface area contributed by atoms with Crippen LogP contribution in [0.1, 0.15) is 50.5 Å². The van der Waals surface area contributed by atoms with Gasteiger partial charge in [-0.3, -0.25) is 14.6 Å². The highest BCUT2D eigenvalue weighted by Gasteiger charge is 2.51. The zero-order valence-corrected chi connectivity index (χ0v) is 18.6. The van der Waals surface area contributed by atoms with Gasteiger partial charge in [-0.25, -0.2) is 4.68 Å². The number of anilines is 1. The molecule has 0 aromatic carbocycles. The van der Waals surface area contributed by atoms with E-state index in [9.17, 15) is 9.59 Å². The Morgan fingerprint density at radius 1 is 1.13 bits per heavy atom. The fourth-order valence-electron chi connectivity index (χ4n) is 6.29. The number of pyridine rings is 1. The predicted molar refractivity (Wildman–Crippen MR) is 118 cm³/mol. The molecular weight excluding hydrogens is 444 g/mol. The van der Waals surface area contributed by atoms with Crippen LogP contribution >= 0.6 is 15.9 Å². The molecule has 4 aliphatic rings. The first-order valence-corrected chi connectivity index (χ1v) is 11.7. The summed E-state index contributed by atoms with van der Waals surface area (Å²) in [5.41, 5.74) is 1.69. The van der Waals surface area contributed by atoms with Gasteiger partial charge in [-0.15, -0.1) is 0 Å². The molecule has 0 spiro atoms. The van der Waals surface area contributed by atoms with Crippen LogP contribution < -0.4 is 10.9 Å². The lowest BCUT2D eigenvalue weighted by molar-refractivity contribution is -0.119. The molecule has 0 atom stereocenters. The number of carbonyl (C=O) groups excluding carboxylic acids is 1. The van der Waals surface area contributed by atoms with Gasteiger partial charge in [-0.05, 0) is 96.3 Å². The molecule has 7 heteroatoms. The average Bonchev–Trinajstić information content (AvgIpc) is 2.72. The second-order valence-corrected chi connectivity index (χ2v) is 10.3. The first-order chi connectivity index (χ1) is 14.5. The number of ketones is 1. The lowest BCUT2D eigenvalue weighted by Gasteiger charge is -2.57. The maximum Gasteiger partial charge on any atom is 0.283 e. The fourth-order valence-corrected chi connectivity index (χ4v) is 6.70. The molecule has 1 N–H and O–H groups in total. The van der Waals surface area contributed by atoms with Crippen molar-refractivity contribution in [3.8, 4) is 0 Å². The quantitative estimate of drug-likeness (QED) is 0.661. The van der Waals surface area contributed by atoms with E-state index < -0.39 is 0 Å². The Morgan fingerprint density at radius 3 is 2.40 bits per heavy atom. The molecule has 0 radical (unpaired) electrons. The molecule has 0 unspecified atom stereocenters. The number of rotatable bonds is 7. The third-order valence-corrected chi connectivity index (χ3v) is 7.96. The third-order valence-electron chi connectivity index (χ3n) is 7.19. The molecule has 2 heterocycles. The van der Waals surface area contributed by atoms with Crippen LogP contribution in [0.5, 0.6) is 0 Å². The molecule has 30 heavy (non-hydrogen) atoms. The van der Waals surface area contributed by atoms with E-state index in [2.05, 4.69) is 31.3 Å². The highest BCUT2D eigenvalue weighted by molar-refractivity contribution is 9.10. The van der Waals surface area contributed by atoms with Crippen LogP contribution in [0, 0.1) is 17.8 Å². The summed E-state index contributed by atoms with van der Waals surface area (Å²) in [6, 6.07) is 3.80. The minimum Gasteiger partial charge on any atom is -0.377 e. The number of nitrogens with one attached hydrogen (secondary N) is 1. The number of hydrogen-bond acceptors (Lipinski definition) is 5. The number of aryl methyl sites for hydroxylation is 1. The van der Waals surface area contributed by atoms with Gasteiger partial charge in [0.15, 0.2) is 5.78 Å². The summed E-state index contributed by atoms with van der Waals surface area (Å²) in [6.07, 6.45) is 13.9. The van der Waals surface area contributed by atoms with Crippen molar-refractivity contribution in [2.45, 2.75) is 63.5 Å². The van der Waals surface area contributed by atoms with Crippen LogP contribution in [0.3, 0.4) is 0 Å². The summed E-state index contributed by atoms with van der Waals surface area (Å²) in [4.78, 5) is 29.2. The maximum absolute atomic E-state index is 12.8. The van der Waals surface area contributed by atoms with Crippen LogP contribution in [0.2, 0.25) is 0 Å². The molecule has 4 aliphatic carbocycles. The lowest BCUT2D eigenvalue weighted by Crippen LogP contribution is -2.55. The Kier molecular flexibility index (Phi) is 5.25. The van der Waals surface area contributed by atoms with Crippen LogP contribution in [-0.2, 0) is 17.8 Å². The maximum atomic E-state index is 12.8. The van der Waals surface area contributed by atoms with Gasteiger partial charge in [0.1, 0.15) is 11.0 Å². The Labute approximate surface area is 184 Å². The summed E-state index contributed by atoms with van der Waals surface area (Å²) in [5.74, 6) is 2.48. The van der Waals surface area contributed by atoms with Crippen LogP contribution in [-0.4, -0.2) is 26.1 Å². The van der Waals surface area contributed by atoms with Crippen molar-refractivity contribution in [2.75, 3.05) is 5.32 Å². The smallest absolute Gasteiger partial charge is 0.283 e. The molecule has 0 amide bonds. The van der Waals surface area contributed by atoms with E-state index in [0.717, 1.165) is 29.0 Å². The molecule has 158 valence electrons. The van der Waals surface area contributed by atoms with Gasteiger partial charge >= 0.3 is 0 Å². The minimum atomic E-state index is -0.248. The van der Waals surface area contributed by atoms with Crippen LogP contribution in [0.25, 0.3) is 0 Å². The van der Waals surface area contributed by atoms with Crippen molar-refractivity contribution in [2.24, 2.45) is 17.8 Å². The number of Topliss-reactive ketones (excluding diaryl/α,β-unsaturated/α-hetero) is 1. The van der Waals surface area contributed by atoms with E-state index in [1.807, 2.05) is 12.1 Å². The monoisotopic (exact) mass is 470 g/mol. The van der Waals surface area contributed by atoms with E-state index in [1.165, 1.54) is 43.2 Å². The normalized spacial score (nSPS) is 29.2. The number of halogens is 1. The largest absolute Gasteiger partial charge is 0.377 e. The second-order valence-electron chi connectivity index (χ2n) is 9.55. The third kappa shape index (κ3) is 3.96. The molecule has 6 rings (SSSR count). The number of aromatic nitrogens is 3. The van der Waals surface area contributed by atoms with Gasteiger partial charge < -0.3 is 5.32 Å². The highest BCUT2D eigenvalue weighted by Crippen LogP contribution is 2.56. The van der Waals surface area contributed by atoms with Crippen LogP contribution in [0.15, 0.2) is 40.0 Å². The van der Waals surface area contributed by atoms with E-state index in [1.54, 1.807) is 18.6 Å². The van der Waals surface area contributed by atoms with Crippen molar-refractivity contribution in [1.29, 1.82) is 0 Å². The molecule has 6 nitrogen and oxygen atoms in total. The zero-order chi connectivity index (χ0) is 20.7. The van der Waals surface area contributed by atoms with Crippen molar-refractivity contribution in [1.82, 2.24) is 14.8 Å². The number of carbonyl (C=O) groups is 1. The van der Waals surface area contributed by atoms with Crippen LogP contribution in [0.4, 0.5) is 5.69 Å². The summed E-state index contributed by atoms with van der Waals surface area (Å²) >= 11 is 3.48. The first kappa shape index (κ1) is 19.9. The minimum absolute atomic E-state index is 0.000161. The number of hydrogen-bond donors (Lipinski definition) is 1. The second kappa shape index (κ2) is 7.91. The molecule has 0 aliphatic heterocycles. The lowest BCUT2D eigenvalue weighted by atomic mass is 9.53. The SMILES string of the molecule is O=C(CCc1ccncc1)Cn1ncc(NC23CC4CC(CC(C4)C2)C3)c(Br)c1=O. The highest BCUT2D eigenvalue weighted by atomic mass is 79.9. The Hall–Kier alpha value is -2.02. The summed E-state index contributed by atoms with van der Waals surface area (Å²) in [5, 5.41) is 8.02. The molecule has 0 saturated heterocycles. The van der Waals surface area contributed by atoms with Gasteiger partial charge in [0.25, 0.3) is 5.56 Å². The first-order valence-electron chi connectivity index (χ1n) is 10.9. The average molecular weight is 471 g/mol. The molecule has 4 bridgehead atoms. The Bertz CT molecular complexity index is 969. The Morgan fingerprint density at radius 2 is 1.77 bits per heavy atom. The van der Waals surface area contributed by atoms with Crippen molar-refractivity contribution < 1.29 is 4.79 Å². The molecule has 2 aromatic rings. The molecule has 4 saturated carbocycles. The molecule has 4 fully saturated rings.